The molecule has 0 N–H and O–H groups in total. The van der Waals surface area contributed by atoms with Crippen LogP contribution in [0.1, 0.15) is 31.7 Å². The Morgan fingerprint density at radius 2 is 1.69 bits per heavy atom. The smallest absolute Gasteiger partial charge is 0.113 e. The molecule has 1 aromatic heterocycles. The van der Waals surface area contributed by atoms with Crippen LogP contribution in [0, 0.1) is 0 Å². The highest BCUT2D eigenvalue weighted by molar-refractivity contribution is 6.21. The average molecular weight is 236 g/mol. The summed E-state index contributed by atoms with van der Waals surface area (Å²) in [5.74, 6) is 0. The molecule has 0 unspecified atom stereocenters. The zero-order chi connectivity index (χ0) is 11.0. The molecule has 1 saturated carbocycles. The molecule has 3 rings (SSSR count). The number of fused-ring (bicyclic) bond motifs is 1. The molecule has 2 atom stereocenters. The van der Waals surface area contributed by atoms with E-state index in [1.54, 1.807) is 0 Å². The van der Waals surface area contributed by atoms with Gasteiger partial charge in [0.2, 0.25) is 0 Å². The molecule has 84 valence electrons. The molecule has 1 aromatic carbocycles. The molecule has 16 heavy (non-hydrogen) atoms. The van der Waals surface area contributed by atoms with Gasteiger partial charge in [0.25, 0.3) is 0 Å². The first-order valence-corrected chi connectivity index (χ1v) is 6.24. The van der Waals surface area contributed by atoms with E-state index in [4.69, 9.17) is 11.6 Å². The highest BCUT2D eigenvalue weighted by atomic mass is 35.5. The van der Waals surface area contributed by atoms with Gasteiger partial charge in [-0.25, -0.2) is 0 Å². The van der Waals surface area contributed by atoms with Gasteiger partial charge in [-0.3, -0.25) is 0 Å². The molecule has 1 aliphatic rings. The van der Waals surface area contributed by atoms with Crippen molar-refractivity contribution in [3.63, 3.8) is 0 Å². The van der Waals surface area contributed by atoms with Gasteiger partial charge in [0.1, 0.15) is 11.0 Å². The third kappa shape index (κ3) is 1.69. The van der Waals surface area contributed by atoms with E-state index < -0.39 is 0 Å². The summed E-state index contributed by atoms with van der Waals surface area (Å²) < 4.78 is 0. The molecule has 3 nitrogen and oxygen atoms in total. The molecule has 0 aliphatic heterocycles. The molecule has 2 aromatic rings. The Morgan fingerprint density at radius 1 is 1.06 bits per heavy atom. The quantitative estimate of drug-likeness (QED) is 0.711. The van der Waals surface area contributed by atoms with Crippen molar-refractivity contribution in [3.05, 3.63) is 24.3 Å². The maximum atomic E-state index is 6.34. The van der Waals surface area contributed by atoms with Crippen molar-refractivity contribution in [1.82, 2.24) is 15.0 Å². The lowest BCUT2D eigenvalue weighted by atomic mass is 9.95. The fraction of sp³-hybridized carbons (Fsp3) is 0.500. The number of aromatic nitrogens is 3. The van der Waals surface area contributed by atoms with E-state index in [0.29, 0.717) is 0 Å². The van der Waals surface area contributed by atoms with Gasteiger partial charge in [-0.15, -0.1) is 11.6 Å². The first kappa shape index (κ1) is 10.1. The van der Waals surface area contributed by atoms with Crippen molar-refractivity contribution in [2.45, 2.75) is 37.1 Å². The third-order valence-electron chi connectivity index (χ3n) is 3.25. The number of alkyl halides is 1. The van der Waals surface area contributed by atoms with E-state index in [-0.39, 0.29) is 11.4 Å². The van der Waals surface area contributed by atoms with Crippen LogP contribution in [-0.4, -0.2) is 20.4 Å². The minimum absolute atomic E-state index is 0.176. The molecule has 0 saturated heterocycles. The Kier molecular flexibility index (Phi) is 2.56. The van der Waals surface area contributed by atoms with Gasteiger partial charge in [-0.05, 0) is 25.0 Å². The molecule has 1 heterocycles. The number of nitrogens with zero attached hydrogens (tertiary/aromatic N) is 3. The fourth-order valence-corrected chi connectivity index (χ4v) is 2.73. The fourth-order valence-electron chi connectivity index (χ4n) is 2.35. The standard InChI is InChI=1S/C12H14ClN3/c13-9-5-1-4-8-12(9)16-14-10-6-2-3-7-11(10)15-16/h2-3,6-7,9,12H,1,4-5,8H2/t9-,12-/m0/s1. The van der Waals surface area contributed by atoms with Crippen molar-refractivity contribution < 1.29 is 0 Å². The van der Waals surface area contributed by atoms with E-state index >= 15 is 0 Å². The predicted molar refractivity (Wildman–Crippen MR) is 64.7 cm³/mol. The van der Waals surface area contributed by atoms with Crippen molar-refractivity contribution in [2.75, 3.05) is 0 Å². The van der Waals surface area contributed by atoms with Crippen LogP contribution >= 0.6 is 11.6 Å². The molecule has 1 fully saturated rings. The van der Waals surface area contributed by atoms with E-state index in [1.165, 1.54) is 12.8 Å². The molecule has 0 radical (unpaired) electrons. The summed E-state index contributed by atoms with van der Waals surface area (Å²) in [6.07, 6.45) is 4.62. The Balaban J connectivity index is 1.98. The minimum Gasteiger partial charge on any atom is -0.179 e. The summed E-state index contributed by atoms with van der Waals surface area (Å²) in [7, 11) is 0. The molecular formula is C12H14ClN3. The van der Waals surface area contributed by atoms with E-state index in [0.717, 1.165) is 23.9 Å². The lowest BCUT2D eigenvalue weighted by Gasteiger charge is -2.25. The van der Waals surface area contributed by atoms with Crippen LogP contribution in [0.4, 0.5) is 0 Å². The lowest BCUT2D eigenvalue weighted by Crippen LogP contribution is -2.25. The average Bonchev–Trinajstić information content (AvgIpc) is 2.73. The second kappa shape index (κ2) is 4.06. The highest BCUT2D eigenvalue weighted by Gasteiger charge is 2.26. The largest absolute Gasteiger partial charge is 0.179 e. The SMILES string of the molecule is Cl[C@H]1CCCC[C@@H]1n1nc2ccccc2n1. The van der Waals surface area contributed by atoms with E-state index in [2.05, 4.69) is 10.2 Å². The number of hydrogen-bond acceptors (Lipinski definition) is 2. The number of hydrogen-bond donors (Lipinski definition) is 0. The number of benzene rings is 1. The maximum Gasteiger partial charge on any atom is 0.113 e. The van der Waals surface area contributed by atoms with Crippen LogP contribution in [0.3, 0.4) is 0 Å². The number of rotatable bonds is 1. The van der Waals surface area contributed by atoms with Gasteiger partial charge < -0.3 is 0 Å². The Morgan fingerprint density at radius 3 is 2.31 bits per heavy atom. The van der Waals surface area contributed by atoms with Crippen molar-refractivity contribution >= 4 is 22.6 Å². The highest BCUT2D eigenvalue weighted by Crippen LogP contribution is 2.31. The second-order valence-electron chi connectivity index (χ2n) is 4.38. The predicted octanol–water partition coefficient (Wildman–Crippen LogP) is 3.15. The van der Waals surface area contributed by atoms with Gasteiger partial charge in [0.15, 0.2) is 0 Å². The van der Waals surface area contributed by atoms with Gasteiger partial charge in [-0.1, -0.05) is 25.0 Å². The van der Waals surface area contributed by atoms with Crippen LogP contribution < -0.4 is 0 Å². The molecule has 0 spiro atoms. The molecule has 0 bridgehead atoms. The maximum absolute atomic E-state index is 6.34. The first-order chi connectivity index (χ1) is 7.84. The van der Waals surface area contributed by atoms with E-state index in [9.17, 15) is 0 Å². The number of halogens is 1. The lowest BCUT2D eigenvalue weighted by molar-refractivity contribution is 0.310. The van der Waals surface area contributed by atoms with Crippen LogP contribution in [0.15, 0.2) is 24.3 Å². The van der Waals surface area contributed by atoms with E-state index in [1.807, 2.05) is 29.1 Å². The first-order valence-electron chi connectivity index (χ1n) is 5.80. The van der Waals surface area contributed by atoms with Crippen molar-refractivity contribution in [1.29, 1.82) is 0 Å². The Bertz CT molecular complexity index is 461. The van der Waals surface area contributed by atoms with Crippen LogP contribution in [0.2, 0.25) is 0 Å². The monoisotopic (exact) mass is 235 g/mol. The molecular weight excluding hydrogens is 222 g/mol. The van der Waals surface area contributed by atoms with Crippen LogP contribution in [0.25, 0.3) is 11.0 Å². The van der Waals surface area contributed by atoms with Gasteiger partial charge in [0, 0.05) is 0 Å². The van der Waals surface area contributed by atoms with Crippen LogP contribution in [-0.2, 0) is 0 Å². The zero-order valence-electron chi connectivity index (χ0n) is 9.01. The summed E-state index contributed by atoms with van der Waals surface area (Å²) in [5, 5.41) is 9.19. The second-order valence-corrected chi connectivity index (χ2v) is 4.94. The Labute approximate surface area is 99.4 Å². The third-order valence-corrected chi connectivity index (χ3v) is 3.76. The van der Waals surface area contributed by atoms with Gasteiger partial charge >= 0.3 is 0 Å². The van der Waals surface area contributed by atoms with Crippen molar-refractivity contribution in [3.8, 4) is 0 Å². The Hall–Kier alpha value is -1.09. The van der Waals surface area contributed by atoms with Crippen molar-refractivity contribution in [2.24, 2.45) is 0 Å². The summed E-state index contributed by atoms with van der Waals surface area (Å²) in [5.41, 5.74) is 1.91. The summed E-state index contributed by atoms with van der Waals surface area (Å²) in [6, 6.07) is 8.22. The molecule has 0 amide bonds. The minimum atomic E-state index is 0.176. The normalized spacial score (nSPS) is 26.1. The zero-order valence-corrected chi connectivity index (χ0v) is 9.77. The topological polar surface area (TPSA) is 30.7 Å². The summed E-state index contributed by atoms with van der Waals surface area (Å²) in [4.78, 5) is 1.82. The summed E-state index contributed by atoms with van der Waals surface area (Å²) in [6.45, 7) is 0. The molecule has 4 heteroatoms. The van der Waals surface area contributed by atoms with Crippen LogP contribution in [0.5, 0.6) is 0 Å². The summed E-state index contributed by atoms with van der Waals surface area (Å²) >= 11 is 6.34. The van der Waals surface area contributed by atoms with Gasteiger partial charge in [-0.2, -0.15) is 15.0 Å². The van der Waals surface area contributed by atoms with Gasteiger partial charge in [0.05, 0.1) is 11.4 Å². The molecule has 1 aliphatic carbocycles.